The van der Waals surface area contributed by atoms with Crippen molar-refractivity contribution in [2.45, 2.75) is 57.9 Å². The lowest BCUT2D eigenvalue weighted by molar-refractivity contribution is -0.134. The third-order valence-corrected chi connectivity index (χ3v) is 5.43. The molecule has 1 atom stereocenters. The topological polar surface area (TPSA) is 106 Å². The van der Waals surface area contributed by atoms with Crippen molar-refractivity contribution in [3.05, 3.63) is 32.1 Å². The molecule has 0 unspecified atom stereocenters. The number of hydrogen-bond acceptors (Lipinski definition) is 4. The molecule has 0 aromatic carbocycles. The molecule has 26 heavy (non-hydrogen) atoms. The lowest BCUT2D eigenvalue weighted by Gasteiger charge is -2.36. The van der Waals surface area contributed by atoms with Crippen LogP contribution in [-0.4, -0.2) is 57.3 Å². The summed E-state index contributed by atoms with van der Waals surface area (Å²) in [5.41, 5.74) is -0.317. The van der Waals surface area contributed by atoms with Crippen molar-refractivity contribution >= 4 is 11.8 Å². The Balaban J connectivity index is 1.67. The Hall–Kier alpha value is -2.38. The van der Waals surface area contributed by atoms with Crippen LogP contribution in [0.1, 0.15) is 49.8 Å². The Labute approximate surface area is 151 Å². The predicted octanol–water partition coefficient (Wildman–Crippen LogP) is 0.308. The second kappa shape index (κ2) is 7.88. The number of aromatic amines is 2. The number of rotatable bonds is 5. The highest BCUT2D eigenvalue weighted by atomic mass is 16.2. The largest absolute Gasteiger partial charge is 0.343 e. The van der Waals surface area contributed by atoms with Crippen LogP contribution in [0.15, 0.2) is 9.59 Å². The Bertz CT molecular complexity index is 797. The van der Waals surface area contributed by atoms with Gasteiger partial charge in [-0.15, -0.1) is 0 Å². The molecule has 0 radical (unpaired) electrons. The van der Waals surface area contributed by atoms with Crippen LogP contribution < -0.4 is 11.2 Å². The van der Waals surface area contributed by atoms with Gasteiger partial charge in [-0.05, 0) is 39.0 Å². The maximum absolute atomic E-state index is 12.8. The monoisotopic (exact) mass is 362 g/mol. The number of piperidine rings is 1. The molecule has 1 aromatic heterocycles. The van der Waals surface area contributed by atoms with E-state index in [9.17, 15) is 19.2 Å². The maximum atomic E-state index is 12.8. The molecular formula is C18H26N4O4. The first-order valence-electron chi connectivity index (χ1n) is 9.35. The van der Waals surface area contributed by atoms with Crippen molar-refractivity contribution in [1.29, 1.82) is 0 Å². The van der Waals surface area contributed by atoms with E-state index in [-0.39, 0.29) is 24.3 Å². The molecule has 0 aliphatic carbocycles. The molecule has 2 N–H and O–H groups in total. The molecule has 0 saturated carbocycles. The minimum atomic E-state index is -0.560. The van der Waals surface area contributed by atoms with Crippen molar-refractivity contribution < 1.29 is 9.59 Å². The fraction of sp³-hybridized carbons (Fsp3) is 0.667. The summed E-state index contributed by atoms with van der Waals surface area (Å²) in [4.78, 5) is 56.4. The molecule has 8 heteroatoms. The van der Waals surface area contributed by atoms with Crippen LogP contribution in [-0.2, 0) is 16.0 Å². The van der Waals surface area contributed by atoms with Gasteiger partial charge in [-0.3, -0.25) is 19.4 Å². The van der Waals surface area contributed by atoms with Crippen LogP contribution in [0.25, 0.3) is 0 Å². The van der Waals surface area contributed by atoms with E-state index in [2.05, 4.69) is 9.97 Å². The highest BCUT2D eigenvalue weighted by molar-refractivity contribution is 5.79. The SMILES string of the molecule is Cc1[nH]c(=O)[nH]c(=O)c1CC(=O)N1CCCC[C@@H]1CCN1CCCC1=O. The number of amides is 2. The van der Waals surface area contributed by atoms with Gasteiger partial charge >= 0.3 is 5.69 Å². The molecule has 8 nitrogen and oxygen atoms in total. The highest BCUT2D eigenvalue weighted by Gasteiger charge is 2.29. The molecule has 2 aliphatic rings. The summed E-state index contributed by atoms with van der Waals surface area (Å²) in [5, 5.41) is 0. The lowest BCUT2D eigenvalue weighted by Crippen LogP contribution is -2.46. The molecule has 3 heterocycles. The van der Waals surface area contributed by atoms with E-state index < -0.39 is 11.2 Å². The van der Waals surface area contributed by atoms with E-state index in [1.807, 2.05) is 9.80 Å². The Morgan fingerprint density at radius 1 is 1.12 bits per heavy atom. The molecule has 3 rings (SSSR count). The smallest absolute Gasteiger partial charge is 0.325 e. The summed E-state index contributed by atoms with van der Waals surface area (Å²) in [6.07, 6.45) is 5.25. The lowest BCUT2D eigenvalue weighted by atomic mass is 9.98. The Morgan fingerprint density at radius 3 is 2.62 bits per heavy atom. The average Bonchev–Trinajstić information content (AvgIpc) is 3.01. The zero-order chi connectivity index (χ0) is 18.7. The second-order valence-electron chi connectivity index (χ2n) is 7.20. The third kappa shape index (κ3) is 4.05. The van der Waals surface area contributed by atoms with Gasteiger partial charge in [0.05, 0.1) is 6.42 Å². The van der Waals surface area contributed by atoms with Gasteiger partial charge in [0.2, 0.25) is 11.8 Å². The second-order valence-corrected chi connectivity index (χ2v) is 7.20. The fourth-order valence-electron chi connectivity index (χ4n) is 3.97. The van der Waals surface area contributed by atoms with E-state index >= 15 is 0 Å². The summed E-state index contributed by atoms with van der Waals surface area (Å²) >= 11 is 0. The van der Waals surface area contributed by atoms with E-state index in [1.54, 1.807) is 6.92 Å². The molecule has 142 valence electrons. The van der Waals surface area contributed by atoms with Gasteiger partial charge in [-0.25, -0.2) is 4.79 Å². The number of nitrogens with zero attached hydrogens (tertiary/aromatic N) is 2. The van der Waals surface area contributed by atoms with Gasteiger partial charge in [0.15, 0.2) is 0 Å². The van der Waals surface area contributed by atoms with E-state index in [0.29, 0.717) is 30.8 Å². The van der Waals surface area contributed by atoms with Crippen LogP contribution in [0.3, 0.4) is 0 Å². The standard InChI is InChI=1S/C18H26N4O4/c1-12-14(17(25)20-18(26)19-12)11-16(24)22-9-3-2-5-13(22)7-10-21-8-4-6-15(21)23/h13H,2-11H2,1H3,(H2,19,20,25,26)/t13-/m1/s1. The predicted molar refractivity (Wildman–Crippen MR) is 95.9 cm³/mol. The summed E-state index contributed by atoms with van der Waals surface area (Å²) in [6.45, 7) is 3.81. The summed E-state index contributed by atoms with van der Waals surface area (Å²) in [7, 11) is 0. The van der Waals surface area contributed by atoms with Crippen molar-refractivity contribution in [2.24, 2.45) is 0 Å². The number of aryl methyl sites for hydroxylation is 1. The number of likely N-dealkylation sites (tertiary alicyclic amines) is 2. The zero-order valence-corrected chi connectivity index (χ0v) is 15.2. The normalized spacial score (nSPS) is 20.7. The molecule has 2 fully saturated rings. The average molecular weight is 362 g/mol. The summed E-state index contributed by atoms with van der Waals surface area (Å²) < 4.78 is 0. The van der Waals surface area contributed by atoms with Crippen LogP contribution in [0.5, 0.6) is 0 Å². The summed E-state index contributed by atoms with van der Waals surface area (Å²) in [5.74, 6) is 0.109. The first-order chi connectivity index (χ1) is 12.5. The molecule has 1 aromatic rings. The first kappa shape index (κ1) is 18.4. The maximum Gasteiger partial charge on any atom is 0.325 e. The number of H-pyrrole nitrogens is 2. The quantitative estimate of drug-likeness (QED) is 0.786. The van der Waals surface area contributed by atoms with Gasteiger partial charge < -0.3 is 14.8 Å². The van der Waals surface area contributed by atoms with Gasteiger partial charge in [0.25, 0.3) is 5.56 Å². The van der Waals surface area contributed by atoms with Gasteiger partial charge in [-0.2, -0.15) is 0 Å². The van der Waals surface area contributed by atoms with Crippen LogP contribution in [0.2, 0.25) is 0 Å². The fourth-order valence-corrected chi connectivity index (χ4v) is 3.97. The summed E-state index contributed by atoms with van der Waals surface area (Å²) in [6, 6.07) is 0.104. The Morgan fingerprint density at radius 2 is 1.92 bits per heavy atom. The van der Waals surface area contributed by atoms with Gasteiger partial charge in [0.1, 0.15) is 0 Å². The molecule has 2 aliphatic heterocycles. The first-order valence-corrected chi connectivity index (χ1v) is 9.35. The molecule has 2 saturated heterocycles. The van der Waals surface area contributed by atoms with Gasteiger partial charge in [0, 0.05) is 43.4 Å². The molecular weight excluding hydrogens is 336 g/mol. The number of aromatic nitrogens is 2. The highest BCUT2D eigenvalue weighted by Crippen LogP contribution is 2.22. The van der Waals surface area contributed by atoms with Crippen LogP contribution in [0.4, 0.5) is 0 Å². The van der Waals surface area contributed by atoms with E-state index in [1.165, 1.54) is 0 Å². The number of carbonyl (C=O) groups excluding carboxylic acids is 2. The van der Waals surface area contributed by atoms with Crippen molar-refractivity contribution in [3.63, 3.8) is 0 Å². The molecule has 0 spiro atoms. The third-order valence-electron chi connectivity index (χ3n) is 5.43. The molecule has 2 amide bonds. The van der Waals surface area contributed by atoms with Crippen LogP contribution in [0, 0.1) is 6.92 Å². The number of nitrogens with one attached hydrogen (secondary N) is 2. The minimum absolute atomic E-state index is 0.0168. The van der Waals surface area contributed by atoms with Crippen molar-refractivity contribution in [3.8, 4) is 0 Å². The van der Waals surface area contributed by atoms with E-state index in [0.717, 1.165) is 38.6 Å². The van der Waals surface area contributed by atoms with Crippen molar-refractivity contribution in [1.82, 2.24) is 19.8 Å². The van der Waals surface area contributed by atoms with Gasteiger partial charge in [-0.1, -0.05) is 0 Å². The number of carbonyl (C=O) groups is 2. The minimum Gasteiger partial charge on any atom is -0.343 e. The Kier molecular flexibility index (Phi) is 5.58. The van der Waals surface area contributed by atoms with Crippen LogP contribution >= 0.6 is 0 Å². The molecule has 0 bridgehead atoms. The number of hydrogen-bond donors (Lipinski definition) is 2. The van der Waals surface area contributed by atoms with Crippen molar-refractivity contribution in [2.75, 3.05) is 19.6 Å². The zero-order valence-electron chi connectivity index (χ0n) is 15.2. The van der Waals surface area contributed by atoms with E-state index in [4.69, 9.17) is 0 Å².